The zero-order valence-electron chi connectivity index (χ0n) is 35.6. The number of aromatic nitrogens is 5. The second kappa shape index (κ2) is 14.9. The summed E-state index contributed by atoms with van der Waals surface area (Å²) in [6.07, 6.45) is 7.29. The van der Waals surface area contributed by atoms with Crippen molar-refractivity contribution in [1.82, 2.24) is 24.9 Å². The molecule has 0 unspecified atom stereocenters. The number of rotatable bonds is 7. The molecule has 304 valence electrons. The van der Waals surface area contributed by atoms with Crippen LogP contribution >= 0.6 is 0 Å². The average Bonchev–Trinajstić information content (AvgIpc) is 3.33. The van der Waals surface area contributed by atoms with Crippen LogP contribution in [0.5, 0.6) is 0 Å². The van der Waals surface area contributed by atoms with E-state index in [2.05, 4.69) is 198 Å². The van der Waals surface area contributed by atoms with E-state index in [0.29, 0.717) is 17.8 Å². The summed E-state index contributed by atoms with van der Waals surface area (Å²) < 4.78 is 0. The van der Waals surface area contributed by atoms with Gasteiger partial charge in [0.25, 0.3) is 0 Å². The first kappa shape index (κ1) is 38.0. The fourth-order valence-corrected chi connectivity index (χ4v) is 9.49. The molecule has 11 rings (SSSR count). The molecule has 0 atom stereocenters. The van der Waals surface area contributed by atoms with Crippen LogP contribution in [0.3, 0.4) is 0 Å². The van der Waals surface area contributed by atoms with Gasteiger partial charge in [0, 0.05) is 47.0 Å². The molecule has 0 radical (unpaired) electrons. The highest BCUT2D eigenvalue weighted by Crippen LogP contribution is 2.54. The van der Waals surface area contributed by atoms with Crippen molar-refractivity contribution in [1.29, 1.82) is 0 Å². The minimum atomic E-state index is -0.266. The molecule has 2 aliphatic rings. The summed E-state index contributed by atoms with van der Waals surface area (Å²) in [7, 11) is 0. The molecule has 2 aliphatic heterocycles. The van der Waals surface area contributed by atoms with Crippen molar-refractivity contribution in [2.24, 2.45) is 0 Å². The molecule has 0 N–H and O–H groups in total. The number of hydrogen-bond acceptors (Lipinski definition) is 8. The quantitative estimate of drug-likeness (QED) is 0.157. The lowest BCUT2D eigenvalue weighted by molar-refractivity contribution is 0.629. The van der Waals surface area contributed by atoms with E-state index in [0.717, 1.165) is 56.4 Å². The van der Waals surface area contributed by atoms with Crippen LogP contribution in [0.25, 0.3) is 22.3 Å². The maximum atomic E-state index is 5.54. The second-order valence-electron chi connectivity index (χ2n) is 17.1. The van der Waals surface area contributed by atoms with Gasteiger partial charge >= 0.3 is 0 Å². The molecule has 9 aromatic rings. The van der Waals surface area contributed by atoms with Gasteiger partial charge in [-0.15, -0.1) is 0 Å². The van der Waals surface area contributed by atoms with Crippen LogP contribution in [0.1, 0.15) is 49.9 Å². The topological polar surface area (TPSA) is 74.2 Å². The van der Waals surface area contributed by atoms with Gasteiger partial charge in [-0.1, -0.05) is 125 Å². The van der Waals surface area contributed by atoms with Crippen LogP contribution in [0.4, 0.5) is 52.0 Å². The smallest absolute Gasteiger partial charge is 0.241 e. The van der Waals surface area contributed by atoms with Crippen LogP contribution in [0.2, 0.25) is 0 Å². The molecule has 0 amide bonds. The molecule has 0 bridgehead atoms. The monoisotopic (exact) mass is 816 g/mol. The van der Waals surface area contributed by atoms with Crippen molar-refractivity contribution in [3.8, 4) is 22.3 Å². The number of para-hydroxylation sites is 4. The maximum Gasteiger partial charge on any atom is 0.241 e. The van der Waals surface area contributed by atoms with Crippen molar-refractivity contribution in [3.63, 3.8) is 0 Å². The van der Waals surface area contributed by atoms with Gasteiger partial charge in [-0.05, 0) is 117 Å². The van der Waals surface area contributed by atoms with Gasteiger partial charge in [0.2, 0.25) is 17.8 Å². The third kappa shape index (κ3) is 6.33. The lowest BCUT2D eigenvalue weighted by Gasteiger charge is -2.42. The Morgan fingerprint density at radius 3 is 0.984 bits per heavy atom. The van der Waals surface area contributed by atoms with E-state index in [9.17, 15) is 0 Å². The van der Waals surface area contributed by atoms with Crippen molar-refractivity contribution >= 4 is 52.0 Å². The number of anilines is 9. The van der Waals surface area contributed by atoms with Crippen LogP contribution in [0, 0.1) is 0 Å². The minimum Gasteiger partial charge on any atom is -0.279 e. The first-order chi connectivity index (χ1) is 30.8. The SMILES string of the molecule is CC1(C)c2ccccc2N(c2nc(N(c3ccc(-c4ccncc4)cc3)c3ccc(-c4ccncc4)cc3)nc(N3c4ccccc4C(C)(C)c4ccccc43)n2)c2ccccc21. The van der Waals surface area contributed by atoms with Crippen molar-refractivity contribution in [3.05, 3.63) is 217 Å². The summed E-state index contributed by atoms with van der Waals surface area (Å²) in [4.78, 5) is 31.7. The summed E-state index contributed by atoms with van der Waals surface area (Å²) in [5.41, 5.74) is 14.5. The van der Waals surface area contributed by atoms with Crippen molar-refractivity contribution < 1.29 is 0 Å². The average molecular weight is 817 g/mol. The molecule has 0 saturated carbocycles. The number of nitrogens with zero attached hydrogens (tertiary/aromatic N) is 8. The van der Waals surface area contributed by atoms with Crippen LogP contribution in [-0.2, 0) is 10.8 Å². The highest BCUT2D eigenvalue weighted by atomic mass is 15.4. The lowest BCUT2D eigenvalue weighted by Crippen LogP contribution is -2.33. The standard InChI is InChI=1S/C55H44N8/c1-54(2)43-13-5-9-17-47(43)62(48-18-10-6-14-44(48)54)52-58-51(59-53(60-52)63-49-19-11-7-15-45(49)55(3,4)46-16-8-12-20-50(46)63)61(41-25-21-37(22-26-41)39-29-33-56-34-30-39)42-27-23-38(24-28-42)40-31-35-57-36-32-40/h5-36H,1-4H3. The molecule has 0 aliphatic carbocycles. The van der Waals surface area contributed by atoms with Crippen molar-refractivity contribution in [2.45, 2.75) is 38.5 Å². The van der Waals surface area contributed by atoms with E-state index in [4.69, 9.17) is 15.0 Å². The molecule has 0 saturated heterocycles. The summed E-state index contributed by atoms with van der Waals surface area (Å²) in [6.45, 7) is 9.18. The fraction of sp³-hybridized carbons (Fsp3) is 0.109. The van der Waals surface area contributed by atoms with Gasteiger partial charge in [0.1, 0.15) is 0 Å². The van der Waals surface area contributed by atoms with Gasteiger partial charge in [-0.25, -0.2) is 0 Å². The van der Waals surface area contributed by atoms with Crippen LogP contribution < -0.4 is 14.7 Å². The molecule has 0 fully saturated rings. The zero-order valence-corrected chi connectivity index (χ0v) is 35.6. The zero-order chi connectivity index (χ0) is 42.7. The highest BCUT2D eigenvalue weighted by molar-refractivity contribution is 5.88. The molecular weight excluding hydrogens is 773 g/mol. The fourth-order valence-electron chi connectivity index (χ4n) is 9.49. The Balaban J connectivity index is 1.18. The van der Waals surface area contributed by atoms with E-state index in [1.165, 1.54) is 22.3 Å². The van der Waals surface area contributed by atoms with Gasteiger partial charge in [-0.2, -0.15) is 15.0 Å². The Hall–Kier alpha value is -7.97. The number of fused-ring (bicyclic) bond motifs is 4. The van der Waals surface area contributed by atoms with Crippen LogP contribution in [-0.4, -0.2) is 24.9 Å². The second-order valence-corrected chi connectivity index (χ2v) is 17.1. The molecular formula is C55H44N8. The largest absolute Gasteiger partial charge is 0.279 e. The third-order valence-corrected chi connectivity index (χ3v) is 12.8. The summed E-state index contributed by atoms with van der Waals surface area (Å²) >= 11 is 0. The number of benzene rings is 6. The molecule has 8 nitrogen and oxygen atoms in total. The van der Waals surface area contributed by atoms with Crippen molar-refractivity contribution in [2.75, 3.05) is 14.7 Å². The Morgan fingerprint density at radius 2 is 0.651 bits per heavy atom. The Bertz CT molecular complexity index is 2820. The Kier molecular flexibility index (Phi) is 8.98. The molecule has 8 heteroatoms. The molecule has 6 aromatic carbocycles. The number of hydrogen-bond donors (Lipinski definition) is 0. The summed E-state index contributed by atoms with van der Waals surface area (Å²) in [5, 5.41) is 0. The van der Waals surface area contributed by atoms with Gasteiger partial charge in [0.15, 0.2) is 0 Å². The minimum absolute atomic E-state index is 0.266. The van der Waals surface area contributed by atoms with Gasteiger partial charge in [-0.3, -0.25) is 24.7 Å². The van der Waals surface area contributed by atoms with E-state index < -0.39 is 0 Å². The Labute approximate surface area is 367 Å². The molecule has 0 spiro atoms. The van der Waals surface area contributed by atoms with E-state index >= 15 is 0 Å². The van der Waals surface area contributed by atoms with Gasteiger partial charge in [0.05, 0.1) is 22.7 Å². The maximum absolute atomic E-state index is 5.54. The predicted octanol–water partition coefficient (Wildman–Crippen LogP) is 13.7. The normalized spacial score (nSPS) is 14.2. The van der Waals surface area contributed by atoms with E-state index in [-0.39, 0.29) is 10.8 Å². The van der Waals surface area contributed by atoms with E-state index in [1.807, 2.05) is 49.1 Å². The third-order valence-electron chi connectivity index (χ3n) is 12.8. The highest BCUT2D eigenvalue weighted by Gasteiger charge is 2.40. The van der Waals surface area contributed by atoms with E-state index in [1.54, 1.807) is 0 Å². The number of pyridine rings is 2. The van der Waals surface area contributed by atoms with Gasteiger partial charge < -0.3 is 0 Å². The molecule has 5 heterocycles. The Morgan fingerprint density at radius 1 is 0.349 bits per heavy atom. The first-order valence-corrected chi connectivity index (χ1v) is 21.3. The lowest BCUT2D eigenvalue weighted by atomic mass is 9.74. The summed E-state index contributed by atoms with van der Waals surface area (Å²) in [5.74, 6) is 1.50. The summed E-state index contributed by atoms with van der Waals surface area (Å²) in [6, 6.07) is 59.7. The first-order valence-electron chi connectivity index (χ1n) is 21.3. The molecule has 63 heavy (non-hydrogen) atoms. The molecule has 3 aromatic heterocycles. The van der Waals surface area contributed by atoms with Crippen LogP contribution in [0.15, 0.2) is 195 Å². The predicted molar refractivity (Wildman–Crippen MR) is 255 cm³/mol.